The first-order valence-electron chi connectivity index (χ1n) is 6.91. The molecule has 4 bridgehead atoms. The van der Waals surface area contributed by atoms with Crippen LogP contribution in [0, 0.1) is 23.8 Å². The van der Waals surface area contributed by atoms with Crippen LogP contribution in [0.25, 0.3) is 0 Å². The first-order valence-corrected chi connectivity index (χ1v) is 7.70. The Kier molecular flexibility index (Phi) is 2.25. The quantitative estimate of drug-likeness (QED) is 0.702. The van der Waals surface area contributed by atoms with Gasteiger partial charge in [-0.1, -0.05) is 22.0 Å². The Morgan fingerprint density at radius 2 is 1.59 bits per heavy atom. The summed E-state index contributed by atoms with van der Waals surface area (Å²) >= 11 is 3.50. The molecular weight excluding hydrogens is 272 g/mol. The van der Waals surface area contributed by atoms with Crippen molar-refractivity contribution in [3.8, 4) is 0 Å². The molecule has 0 heterocycles. The smallest absolute Gasteiger partial charge is 0.0254 e. The zero-order valence-electron chi connectivity index (χ0n) is 10.1. The fraction of sp³-hybridized carbons (Fsp3) is 0.625. The molecule has 0 N–H and O–H groups in total. The topological polar surface area (TPSA) is 0 Å². The molecule has 0 nitrogen and oxygen atoms in total. The maximum absolute atomic E-state index is 3.50. The molecule has 89 valence electrons. The lowest BCUT2D eigenvalue weighted by molar-refractivity contribution is -0.00520. The molecule has 17 heavy (non-hydrogen) atoms. The summed E-state index contributed by atoms with van der Waals surface area (Å²) in [5.41, 5.74) is 2.10. The Morgan fingerprint density at radius 3 is 2.06 bits per heavy atom. The molecule has 1 heteroatoms. The van der Waals surface area contributed by atoms with Gasteiger partial charge in [0, 0.05) is 4.47 Å². The maximum atomic E-state index is 3.50. The van der Waals surface area contributed by atoms with E-state index in [2.05, 4.69) is 40.2 Å². The van der Waals surface area contributed by atoms with Gasteiger partial charge in [-0.15, -0.1) is 0 Å². The van der Waals surface area contributed by atoms with Gasteiger partial charge in [-0.3, -0.25) is 0 Å². The van der Waals surface area contributed by atoms with E-state index in [1.807, 2.05) is 0 Å². The molecule has 4 fully saturated rings. The average Bonchev–Trinajstić information content (AvgIpc) is 2.27. The van der Waals surface area contributed by atoms with Gasteiger partial charge in [0.2, 0.25) is 0 Å². The first kappa shape index (κ1) is 10.6. The van der Waals surface area contributed by atoms with Gasteiger partial charge in [-0.25, -0.2) is 0 Å². The van der Waals surface area contributed by atoms with Crippen molar-refractivity contribution < 1.29 is 0 Å². The summed E-state index contributed by atoms with van der Waals surface area (Å²) in [4.78, 5) is 0. The predicted octanol–water partition coefficient (Wildman–Crippen LogP) is 4.72. The second-order valence-electron chi connectivity index (χ2n) is 6.62. The molecule has 0 amide bonds. The fourth-order valence-electron chi connectivity index (χ4n) is 5.20. The molecule has 1 radical (unpaired) electrons. The van der Waals surface area contributed by atoms with Crippen LogP contribution in [0.3, 0.4) is 0 Å². The number of halogens is 1. The molecule has 1 aromatic carbocycles. The van der Waals surface area contributed by atoms with E-state index in [1.54, 1.807) is 5.56 Å². The average molecular weight is 290 g/mol. The van der Waals surface area contributed by atoms with Gasteiger partial charge < -0.3 is 0 Å². The highest BCUT2D eigenvalue weighted by Crippen LogP contribution is 2.60. The van der Waals surface area contributed by atoms with E-state index < -0.39 is 0 Å². The summed E-state index contributed by atoms with van der Waals surface area (Å²) in [5.74, 6) is 3.10. The van der Waals surface area contributed by atoms with Gasteiger partial charge in [-0.05, 0) is 85.5 Å². The van der Waals surface area contributed by atoms with Crippen molar-refractivity contribution in [3.63, 3.8) is 0 Å². The number of hydrogen-bond acceptors (Lipinski definition) is 0. The van der Waals surface area contributed by atoms with E-state index in [9.17, 15) is 0 Å². The first-order chi connectivity index (χ1) is 8.23. The molecule has 4 aliphatic carbocycles. The van der Waals surface area contributed by atoms with Crippen molar-refractivity contribution in [2.24, 2.45) is 17.8 Å². The van der Waals surface area contributed by atoms with Crippen molar-refractivity contribution in [1.29, 1.82) is 0 Å². The second-order valence-corrected chi connectivity index (χ2v) is 7.48. The minimum atomic E-state index is 0.534. The molecule has 0 saturated heterocycles. The summed E-state index contributed by atoms with van der Waals surface area (Å²) in [6.07, 6.45) is 8.94. The van der Waals surface area contributed by atoms with Gasteiger partial charge in [0.25, 0.3) is 0 Å². The molecule has 0 unspecified atom stereocenters. The molecule has 0 spiro atoms. The molecule has 0 aromatic heterocycles. The second kappa shape index (κ2) is 3.60. The maximum Gasteiger partial charge on any atom is 0.0254 e. The highest BCUT2D eigenvalue weighted by molar-refractivity contribution is 9.10. The summed E-state index contributed by atoms with van der Waals surface area (Å²) in [7, 11) is 0. The Labute approximate surface area is 112 Å². The minimum absolute atomic E-state index is 0.534. The highest BCUT2D eigenvalue weighted by atomic mass is 79.9. The van der Waals surface area contributed by atoms with Crippen molar-refractivity contribution in [3.05, 3.63) is 34.3 Å². The molecule has 0 atom stereocenters. The Morgan fingerprint density at radius 1 is 1.00 bits per heavy atom. The van der Waals surface area contributed by atoms with Gasteiger partial charge in [0.05, 0.1) is 0 Å². The normalized spacial score (nSPS) is 43.0. The zero-order valence-corrected chi connectivity index (χ0v) is 11.7. The highest BCUT2D eigenvalue weighted by Gasteiger charge is 2.51. The van der Waals surface area contributed by atoms with Crippen molar-refractivity contribution >= 4 is 15.9 Å². The van der Waals surface area contributed by atoms with Crippen molar-refractivity contribution in [1.82, 2.24) is 0 Å². The van der Waals surface area contributed by atoms with Crippen LogP contribution in [-0.4, -0.2) is 0 Å². The SMILES string of the molecule is Brc1[c]cc(C23CC4CC(CC(C4)C2)C3)cc1. The molecule has 4 aliphatic rings. The lowest BCUT2D eigenvalue weighted by atomic mass is 9.48. The summed E-state index contributed by atoms with van der Waals surface area (Å²) in [5, 5.41) is 0. The Bertz CT molecular complexity index is 396. The van der Waals surface area contributed by atoms with E-state index >= 15 is 0 Å². The lowest BCUT2D eigenvalue weighted by Gasteiger charge is -2.57. The van der Waals surface area contributed by atoms with E-state index in [-0.39, 0.29) is 0 Å². The van der Waals surface area contributed by atoms with Crippen LogP contribution in [0.15, 0.2) is 22.7 Å². The van der Waals surface area contributed by atoms with Crippen LogP contribution in [-0.2, 0) is 5.41 Å². The fourth-order valence-corrected chi connectivity index (χ4v) is 5.45. The minimum Gasteiger partial charge on any atom is -0.0573 e. The van der Waals surface area contributed by atoms with Crippen LogP contribution in [0.1, 0.15) is 44.1 Å². The molecule has 0 aliphatic heterocycles. The standard InChI is InChI=1S/C16H18Br/c17-15-3-1-14(2-4-15)16-8-11-5-12(9-16)7-13(6-11)10-16/h1-3,11-13H,5-10H2. The molecular formula is C16H18Br. The van der Waals surface area contributed by atoms with Gasteiger partial charge in [0.15, 0.2) is 0 Å². The third-order valence-electron chi connectivity index (χ3n) is 5.43. The third kappa shape index (κ3) is 1.62. The number of rotatable bonds is 1. The number of benzene rings is 1. The van der Waals surface area contributed by atoms with Gasteiger partial charge in [0.1, 0.15) is 0 Å². The Hall–Kier alpha value is -0.300. The van der Waals surface area contributed by atoms with Gasteiger partial charge >= 0.3 is 0 Å². The summed E-state index contributed by atoms with van der Waals surface area (Å²) in [6.45, 7) is 0. The summed E-state index contributed by atoms with van der Waals surface area (Å²) < 4.78 is 1.09. The van der Waals surface area contributed by atoms with Crippen LogP contribution in [0.4, 0.5) is 0 Å². The van der Waals surface area contributed by atoms with Crippen LogP contribution >= 0.6 is 15.9 Å². The zero-order chi connectivity index (χ0) is 11.5. The molecule has 1 aromatic rings. The largest absolute Gasteiger partial charge is 0.0573 e. The number of hydrogen-bond donors (Lipinski definition) is 0. The van der Waals surface area contributed by atoms with Crippen LogP contribution in [0.5, 0.6) is 0 Å². The monoisotopic (exact) mass is 289 g/mol. The third-order valence-corrected chi connectivity index (χ3v) is 5.92. The molecule has 5 rings (SSSR count). The van der Waals surface area contributed by atoms with E-state index in [0.717, 1.165) is 22.2 Å². The Balaban J connectivity index is 1.74. The van der Waals surface area contributed by atoms with Crippen LogP contribution in [0.2, 0.25) is 0 Å². The van der Waals surface area contributed by atoms with Crippen LogP contribution < -0.4 is 0 Å². The molecule has 4 saturated carbocycles. The lowest BCUT2D eigenvalue weighted by Crippen LogP contribution is -2.48. The van der Waals surface area contributed by atoms with E-state index in [4.69, 9.17) is 0 Å². The predicted molar refractivity (Wildman–Crippen MR) is 72.8 cm³/mol. The van der Waals surface area contributed by atoms with E-state index in [0.29, 0.717) is 5.41 Å². The summed E-state index contributed by atoms with van der Waals surface area (Å²) in [6, 6.07) is 10.1. The van der Waals surface area contributed by atoms with Crippen molar-refractivity contribution in [2.75, 3.05) is 0 Å². The van der Waals surface area contributed by atoms with E-state index in [1.165, 1.54) is 38.5 Å². The van der Waals surface area contributed by atoms with Crippen molar-refractivity contribution in [2.45, 2.75) is 43.9 Å². The van der Waals surface area contributed by atoms with Gasteiger partial charge in [-0.2, -0.15) is 0 Å².